The zero-order chi connectivity index (χ0) is 19.1. The molecular weight excluding hydrogens is 368 g/mol. The van der Waals surface area contributed by atoms with Crippen LogP contribution in [0.15, 0.2) is 59.1 Å². The van der Waals surface area contributed by atoms with E-state index in [2.05, 4.69) is 10.1 Å². The number of carbonyl (C=O) groups is 1. The van der Waals surface area contributed by atoms with E-state index in [0.717, 1.165) is 11.1 Å². The molecule has 0 aliphatic heterocycles. The number of rotatable bonds is 7. The molecule has 7 heteroatoms. The van der Waals surface area contributed by atoms with Gasteiger partial charge in [0, 0.05) is 22.2 Å². The second-order valence-electron chi connectivity index (χ2n) is 5.43. The lowest BCUT2D eigenvalue weighted by atomic mass is 10.2. The van der Waals surface area contributed by atoms with E-state index >= 15 is 0 Å². The number of ether oxygens (including phenoxy) is 2. The van der Waals surface area contributed by atoms with Crippen LogP contribution in [0.4, 0.5) is 0 Å². The van der Waals surface area contributed by atoms with Crippen molar-refractivity contribution in [2.75, 3.05) is 6.61 Å². The summed E-state index contributed by atoms with van der Waals surface area (Å²) >= 11 is 5.85. The molecule has 0 N–H and O–H groups in total. The summed E-state index contributed by atoms with van der Waals surface area (Å²) in [6, 6.07) is 14.5. The van der Waals surface area contributed by atoms with Crippen molar-refractivity contribution in [3.05, 3.63) is 71.1 Å². The van der Waals surface area contributed by atoms with Crippen LogP contribution in [0.5, 0.6) is 5.75 Å². The molecule has 3 rings (SSSR count). The Hall–Kier alpha value is -3.12. The van der Waals surface area contributed by atoms with Gasteiger partial charge >= 0.3 is 5.97 Å². The number of halogens is 1. The van der Waals surface area contributed by atoms with Crippen molar-refractivity contribution in [1.29, 1.82) is 0 Å². The van der Waals surface area contributed by atoms with Gasteiger partial charge in [0.1, 0.15) is 5.75 Å². The third kappa shape index (κ3) is 5.18. The lowest BCUT2D eigenvalue weighted by molar-refractivity contribution is -0.139. The first kappa shape index (κ1) is 18.7. The minimum Gasteiger partial charge on any atom is -0.493 e. The maximum Gasteiger partial charge on any atom is 0.331 e. The monoisotopic (exact) mass is 384 g/mol. The zero-order valence-electron chi connectivity index (χ0n) is 14.6. The Kier molecular flexibility index (Phi) is 6.22. The Bertz CT molecular complexity index is 935. The maximum atomic E-state index is 11.9. The van der Waals surface area contributed by atoms with Crippen LogP contribution in [0.2, 0.25) is 5.02 Å². The van der Waals surface area contributed by atoms with E-state index in [-0.39, 0.29) is 12.5 Å². The van der Waals surface area contributed by atoms with Crippen LogP contribution in [0.25, 0.3) is 17.5 Å². The van der Waals surface area contributed by atoms with E-state index in [1.807, 2.05) is 31.2 Å². The Balaban J connectivity index is 1.57. The quantitative estimate of drug-likeness (QED) is 0.439. The summed E-state index contributed by atoms with van der Waals surface area (Å²) in [7, 11) is 0. The second kappa shape index (κ2) is 9.00. The molecule has 1 heterocycles. The number of nitrogens with zero attached hydrogens (tertiary/aromatic N) is 2. The van der Waals surface area contributed by atoms with Crippen molar-refractivity contribution in [3.63, 3.8) is 0 Å². The first-order valence-electron chi connectivity index (χ1n) is 8.31. The molecule has 0 aliphatic carbocycles. The normalized spacial score (nSPS) is 10.9. The van der Waals surface area contributed by atoms with E-state index in [4.69, 9.17) is 25.6 Å². The highest BCUT2D eigenvalue weighted by molar-refractivity contribution is 6.30. The molecule has 0 fully saturated rings. The summed E-state index contributed by atoms with van der Waals surface area (Å²) in [6.07, 6.45) is 2.97. The molecule has 2 aromatic carbocycles. The van der Waals surface area contributed by atoms with Crippen LogP contribution in [-0.4, -0.2) is 22.7 Å². The predicted octanol–water partition coefficient (Wildman–Crippen LogP) is 4.55. The van der Waals surface area contributed by atoms with Crippen LogP contribution in [0, 0.1) is 0 Å². The molecule has 0 radical (unpaired) electrons. The molecule has 3 aromatic rings. The molecule has 0 unspecified atom stereocenters. The van der Waals surface area contributed by atoms with Crippen molar-refractivity contribution in [3.8, 4) is 17.1 Å². The number of benzene rings is 2. The van der Waals surface area contributed by atoms with Gasteiger partial charge in [-0.25, -0.2) is 4.79 Å². The summed E-state index contributed by atoms with van der Waals surface area (Å²) in [6.45, 7) is 2.33. The van der Waals surface area contributed by atoms with Gasteiger partial charge in [-0.05, 0) is 43.3 Å². The third-order valence-electron chi connectivity index (χ3n) is 3.53. The molecule has 0 saturated carbocycles. The number of esters is 1. The average Bonchev–Trinajstić information content (AvgIpc) is 3.15. The number of para-hydroxylation sites is 1. The molecule has 6 nitrogen and oxygen atoms in total. The third-order valence-corrected chi connectivity index (χ3v) is 3.78. The maximum absolute atomic E-state index is 11.9. The largest absolute Gasteiger partial charge is 0.493 e. The predicted molar refractivity (Wildman–Crippen MR) is 101 cm³/mol. The molecule has 1 aromatic heterocycles. The van der Waals surface area contributed by atoms with Crippen molar-refractivity contribution < 1.29 is 18.8 Å². The van der Waals surface area contributed by atoms with Crippen LogP contribution < -0.4 is 4.74 Å². The number of hydrogen-bond donors (Lipinski definition) is 0. The summed E-state index contributed by atoms with van der Waals surface area (Å²) in [5, 5.41) is 4.48. The lowest BCUT2D eigenvalue weighted by Gasteiger charge is -2.06. The van der Waals surface area contributed by atoms with E-state index < -0.39 is 5.97 Å². The number of hydrogen-bond acceptors (Lipinski definition) is 6. The van der Waals surface area contributed by atoms with Crippen molar-refractivity contribution in [2.24, 2.45) is 0 Å². The molecule has 0 aliphatic rings. The Morgan fingerprint density at radius 1 is 1.19 bits per heavy atom. The van der Waals surface area contributed by atoms with Gasteiger partial charge in [-0.3, -0.25) is 0 Å². The molecule has 0 atom stereocenters. The molecule has 0 spiro atoms. The van der Waals surface area contributed by atoms with Gasteiger partial charge in [0.2, 0.25) is 5.82 Å². The number of aromatic nitrogens is 2. The summed E-state index contributed by atoms with van der Waals surface area (Å²) in [4.78, 5) is 16.1. The summed E-state index contributed by atoms with van der Waals surface area (Å²) in [5.41, 5.74) is 1.55. The van der Waals surface area contributed by atoms with Crippen LogP contribution in [-0.2, 0) is 16.1 Å². The molecule has 0 bridgehead atoms. The molecule has 0 amide bonds. The van der Waals surface area contributed by atoms with Crippen LogP contribution in [0.1, 0.15) is 18.4 Å². The van der Waals surface area contributed by atoms with Gasteiger partial charge in [-0.2, -0.15) is 4.98 Å². The van der Waals surface area contributed by atoms with E-state index in [1.54, 1.807) is 30.3 Å². The Morgan fingerprint density at radius 2 is 1.96 bits per heavy atom. The van der Waals surface area contributed by atoms with Gasteiger partial charge in [0.15, 0.2) is 6.61 Å². The van der Waals surface area contributed by atoms with E-state index in [1.165, 1.54) is 6.08 Å². The minimum absolute atomic E-state index is 0.114. The smallest absolute Gasteiger partial charge is 0.331 e. The van der Waals surface area contributed by atoms with E-state index in [0.29, 0.717) is 23.2 Å². The fraction of sp³-hybridized carbons (Fsp3) is 0.150. The van der Waals surface area contributed by atoms with Crippen LogP contribution >= 0.6 is 11.6 Å². The van der Waals surface area contributed by atoms with Gasteiger partial charge < -0.3 is 14.0 Å². The summed E-state index contributed by atoms with van der Waals surface area (Å²) < 4.78 is 15.7. The topological polar surface area (TPSA) is 74.5 Å². The Morgan fingerprint density at radius 3 is 2.74 bits per heavy atom. The SMILES string of the molecule is CCOc1ccccc1/C=C/C(=O)OCc1nc(-c2ccc(Cl)cc2)no1. The fourth-order valence-electron chi connectivity index (χ4n) is 2.27. The molecular formula is C20H17ClN2O4. The van der Waals surface area contributed by atoms with Gasteiger partial charge in [-0.1, -0.05) is 35.0 Å². The highest BCUT2D eigenvalue weighted by Gasteiger charge is 2.10. The van der Waals surface area contributed by atoms with Crippen LogP contribution in [0.3, 0.4) is 0 Å². The van der Waals surface area contributed by atoms with E-state index in [9.17, 15) is 4.79 Å². The lowest BCUT2D eigenvalue weighted by Crippen LogP contribution is -2.01. The standard InChI is InChI=1S/C20H17ClN2O4/c1-2-25-17-6-4-3-5-14(17)9-12-19(24)26-13-18-22-20(23-27-18)15-7-10-16(21)11-8-15/h3-12H,2,13H2,1H3/b12-9+. The highest BCUT2D eigenvalue weighted by atomic mass is 35.5. The van der Waals surface area contributed by atoms with Crippen molar-refractivity contribution >= 4 is 23.6 Å². The molecule has 0 saturated heterocycles. The first-order chi connectivity index (χ1) is 13.2. The van der Waals surface area contributed by atoms with Crippen molar-refractivity contribution in [1.82, 2.24) is 10.1 Å². The first-order valence-corrected chi connectivity index (χ1v) is 8.68. The van der Waals surface area contributed by atoms with Gasteiger partial charge in [0.25, 0.3) is 5.89 Å². The minimum atomic E-state index is -0.521. The van der Waals surface area contributed by atoms with Gasteiger partial charge in [0.05, 0.1) is 6.61 Å². The summed E-state index contributed by atoms with van der Waals surface area (Å²) in [5.74, 6) is 0.788. The Labute approximate surface area is 161 Å². The second-order valence-corrected chi connectivity index (χ2v) is 5.87. The number of carbonyl (C=O) groups excluding carboxylic acids is 1. The van der Waals surface area contributed by atoms with Gasteiger partial charge in [-0.15, -0.1) is 0 Å². The zero-order valence-corrected chi connectivity index (χ0v) is 15.3. The highest BCUT2D eigenvalue weighted by Crippen LogP contribution is 2.20. The molecule has 138 valence electrons. The molecule has 27 heavy (non-hydrogen) atoms. The van der Waals surface area contributed by atoms with Crippen molar-refractivity contribution in [2.45, 2.75) is 13.5 Å². The average molecular weight is 385 g/mol. The fourth-order valence-corrected chi connectivity index (χ4v) is 2.40.